The highest BCUT2D eigenvalue weighted by Gasteiger charge is 2.55. The zero-order valence-electron chi connectivity index (χ0n) is 14.7. The smallest absolute Gasteiger partial charge is 0.324 e. The Labute approximate surface area is 159 Å². The monoisotopic (exact) mass is 380 g/mol. The molecule has 0 unspecified atom stereocenters. The van der Waals surface area contributed by atoms with Gasteiger partial charge in [0, 0.05) is 17.8 Å². The molecule has 0 radical (unpaired) electrons. The van der Waals surface area contributed by atoms with Gasteiger partial charge >= 0.3 is 6.03 Å². The molecule has 28 heavy (non-hydrogen) atoms. The van der Waals surface area contributed by atoms with E-state index in [4.69, 9.17) is 0 Å². The lowest BCUT2D eigenvalue weighted by molar-refractivity contribution is -0.384. The topological polar surface area (TPSA) is 122 Å². The fraction of sp³-hybridized carbons (Fsp3) is 0.211. The van der Waals surface area contributed by atoms with E-state index in [0.717, 1.165) is 16.0 Å². The van der Waals surface area contributed by atoms with E-state index in [9.17, 15) is 24.5 Å². The number of hydrogen-bond donors (Lipinski definition) is 2. The van der Waals surface area contributed by atoms with E-state index >= 15 is 0 Å². The summed E-state index contributed by atoms with van der Waals surface area (Å²) >= 11 is 0. The molecule has 1 atom stereocenters. The van der Waals surface area contributed by atoms with Crippen LogP contribution in [0.25, 0.3) is 0 Å². The van der Waals surface area contributed by atoms with Gasteiger partial charge in [0.1, 0.15) is 12.1 Å². The lowest BCUT2D eigenvalue weighted by Crippen LogP contribution is -2.42. The molecular formula is C19H16N4O5. The lowest BCUT2D eigenvalue weighted by Gasteiger charge is -2.22. The summed E-state index contributed by atoms with van der Waals surface area (Å²) in [5, 5.41) is 16.1. The molecule has 1 aliphatic heterocycles. The van der Waals surface area contributed by atoms with Crippen molar-refractivity contribution in [1.29, 1.82) is 0 Å². The van der Waals surface area contributed by atoms with Gasteiger partial charge in [-0.25, -0.2) is 4.79 Å². The summed E-state index contributed by atoms with van der Waals surface area (Å²) in [6.07, 6.45) is 1.11. The summed E-state index contributed by atoms with van der Waals surface area (Å²) in [6, 6.07) is 12.2. The van der Waals surface area contributed by atoms with E-state index in [1.54, 1.807) is 0 Å². The van der Waals surface area contributed by atoms with Gasteiger partial charge in [0.05, 0.1) is 4.92 Å². The van der Waals surface area contributed by atoms with Crippen LogP contribution in [0.5, 0.6) is 0 Å². The first-order valence-electron chi connectivity index (χ1n) is 8.67. The Kier molecular flexibility index (Phi) is 4.07. The van der Waals surface area contributed by atoms with Gasteiger partial charge in [-0.1, -0.05) is 30.3 Å². The number of amides is 4. The summed E-state index contributed by atoms with van der Waals surface area (Å²) in [4.78, 5) is 48.9. The number of nitro groups is 1. The molecule has 1 aliphatic carbocycles. The summed E-state index contributed by atoms with van der Waals surface area (Å²) in [6.45, 7) is -0.475. The quantitative estimate of drug-likeness (QED) is 0.477. The van der Waals surface area contributed by atoms with Crippen LogP contribution in [0.4, 0.5) is 16.2 Å². The molecule has 9 heteroatoms. The van der Waals surface area contributed by atoms with E-state index in [-0.39, 0.29) is 11.4 Å². The molecule has 1 heterocycles. The fourth-order valence-electron chi connectivity index (χ4n) is 3.77. The number of aryl methyl sites for hydroxylation is 1. The third-order valence-corrected chi connectivity index (χ3v) is 5.06. The average Bonchev–Trinajstić information content (AvgIpc) is 3.16. The van der Waals surface area contributed by atoms with Gasteiger partial charge in [-0.15, -0.1) is 0 Å². The predicted molar refractivity (Wildman–Crippen MR) is 98.4 cm³/mol. The van der Waals surface area contributed by atoms with E-state index in [0.29, 0.717) is 12.8 Å². The zero-order chi connectivity index (χ0) is 19.9. The maximum absolute atomic E-state index is 13.0. The number of urea groups is 1. The van der Waals surface area contributed by atoms with Crippen molar-refractivity contribution in [2.75, 3.05) is 11.9 Å². The first-order chi connectivity index (χ1) is 13.4. The first-order valence-corrected chi connectivity index (χ1v) is 8.67. The standard InChI is InChI=1S/C19H16N4O5/c24-16(20-13-5-3-6-14(10-13)23(27)28)11-22-17(25)19(21-18(22)26)9-8-12-4-1-2-7-15(12)19/h1-7,10H,8-9,11H2,(H,20,24)(H,21,26)/t19-/m1/s1. The van der Waals surface area contributed by atoms with Crippen molar-refractivity contribution >= 4 is 29.2 Å². The number of rotatable bonds is 4. The van der Waals surface area contributed by atoms with Gasteiger partial charge in [-0.3, -0.25) is 24.6 Å². The Morgan fingerprint density at radius 1 is 1.21 bits per heavy atom. The molecule has 1 saturated heterocycles. The molecular weight excluding hydrogens is 364 g/mol. The maximum atomic E-state index is 13.0. The fourth-order valence-corrected chi connectivity index (χ4v) is 3.77. The normalized spacial score (nSPS) is 20.2. The minimum absolute atomic E-state index is 0.172. The van der Waals surface area contributed by atoms with Gasteiger partial charge in [-0.2, -0.15) is 0 Å². The van der Waals surface area contributed by atoms with Crippen molar-refractivity contribution in [1.82, 2.24) is 10.2 Å². The number of anilines is 1. The van der Waals surface area contributed by atoms with Gasteiger partial charge in [-0.05, 0) is 30.0 Å². The number of nitrogens with zero attached hydrogens (tertiary/aromatic N) is 2. The van der Waals surface area contributed by atoms with Gasteiger partial charge < -0.3 is 10.6 Å². The summed E-state index contributed by atoms with van der Waals surface area (Å²) in [5.74, 6) is -1.08. The van der Waals surface area contributed by atoms with Crippen LogP contribution in [0.2, 0.25) is 0 Å². The van der Waals surface area contributed by atoms with E-state index < -0.39 is 34.9 Å². The summed E-state index contributed by atoms with van der Waals surface area (Å²) in [5.41, 5.74) is 0.676. The highest BCUT2D eigenvalue weighted by atomic mass is 16.6. The van der Waals surface area contributed by atoms with E-state index in [2.05, 4.69) is 10.6 Å². The van der Waals surface area contributed by atoms with Gasteiger partial charge in [0.2, 0.25) is 5.91 Å². The van der Waals surface area contributed by atoms with Crippen LogP contribution in [0.15, 0.2) is 48.5 Å². The minimum atomic E-state index is -1.13. The van der Waals surface area contributed by atoms with Crippen LogP contribution in [0.1, 0.15) is 17.5 Å². The van der Waals surface area contributed by atoms with Crippen LogP contribution in [0.3, 0.4) is 0 Å². The van der Waals surface area contributed by atoms with Crippen LogP contribution in [0, 0.1) is 10.1 Å². The molecule has 2 N–H and O–H groups in total. The Balaban J connectivity index is 1.51. The van der Waals surface area contributed by atoms with Crippen LogP contribution >= 0.6 is 0 Å². The molecule has 2 aromatic carbocycles. The number of carbonyl (C=O) groups excluding carboxylic acids is 3. The van der Waals surface area contributed by atoms with E-state index in [1.807, 2.05) is 24.3 Å². The molecule has 2 aromatic rings. The number of nitrogens with one attached hydrogen (secondary N) is 2. The first kappa shape index (κ1) is 17.7. The molecule has 4 rings (SSSR count). The van der Waals surface area contributed by atoms with Gasteiger partial charge in [0.15, 0.2) is 0 Å². The zero-order valence-corrected chi connectivity index (χ0v) is 14.7. The third-order valence-electron chi connectivity index (χ3n) is 5.06. The Morgan fingerprint density at radius 3 is 2.79 bits per heavy atom. The van der Waals surface area contributed by atoms with Crippen LogP contribution in [-0.4, -0.2) is 34.2 Å². The second-order valence-electron chi connectivity index (χ2n) is 6.74. The van der Waals surface area contributed by atoms with Crippen molar-refractivity contribution in [2.24, 2.45) is 0 Å². The molecule has 2 aliphatic rings. The average molecular weight is 380 g/mol. The van der Waals surface area contributed by atoms with Crippen LogP contribution in [-0.2, 0) is 21.5 Å². The molecule has 1 fully saturated rings. The number of carbonyl (C=O) groups is 3. The molecule has 0 bridgehead atoms. The number of hydrogen-bond acceptors (Lipinski definition) is 5. The lowest BCUT2D eigenvalue weighted by atomic mass is 9.92. The Morgan fingerprint density at radius 2 is 2.00 bits per heavy atom. The SMILES string of the molecule is O=C(CN1C(=O)N[C@@]2(CCc3ccccc32)C1=O)Nc1cccc([N+](=O)[O-])c1. The Hall–Kier alpha value is -3.75. The predicted octanol–water partition coefficient (Wildman–Crippen LogP) is 1.93. The molecule has 4 amide bonds. The maximum Gasteiger partial charge on any atom is 0.325 e. The van der Waals surface area contributed by atoms with Crippen molar-refractivity contribution in [3.05, 3.63) is 69.8 Å². The minimum Gasteiger partial charge on any atom is -0.324 e. The third kappa shape index (κ3) is 2.77. The Bertz CT molecular complexity index is 1020. The van der Waals surface area contributed by atoms with Crippen molar-refractivity contribution in [2.45, 2.75) is 18.4 Å². The second-order valence-corrected chi connectivity index (χ2v) is 6.74. The molecule has 0 aromatic heterocycles. The molecule has 9 nitrogen and oxygen atoms in total. The highest BCUT2D eigenvalue weighted by molar-refractivity contribution is 6.10. The van der Waals surface area contributed by atoms with Gasteiger partial charge in [0.25, 0.3) is 11.6 Å². The number of fused-ring (bicyclic) bond motifs is 2. The molecule has 142 valence electrons. The van der Waals surface area contributed by atoms with Crippen molar-refractivity contribution in [3.8, 4) is 0 Å². The largest absolute Gasteiger partial charge is 0.325 e. The molecule has 1 spiro atoms. The second kappa shape index (κ2) is 6.45. The summed E-state index contributed by atoms with van der Waals surface area (Å²) < 4.78 is 0. The van der Waals surface area contributed by atoms with Crippen LogP contribution < -0.4 is 10.6 Å². The number of non-ortho nitro benzene ring substituents is 1. The van der Waals surface area contributed by atoms with E-state index in [1.165, 1.54) is 24.3 Å². The van der Waals surface area contributed by atoms with Crippen molar-refractivity contribution < 1.29 is 19.3 Å². The highest BCUT2D eigenvalue weighted by Crippen LogP contribution is 2.41. The number of benzene rings is 2. The van der Waals surface area contributed by atoms with Crippen molar-refractivity contribution in [3.63, 3.8) is 0 Å². The molecule has 0 saturated carbocycles. The number of nitro benzene ring substituents is 1. The number of imide groups is 1. The summed E-state index contributed by atoms with van der Waals surface area (Å²) in [7, 11) is 0.